The molecule has 1 heterocycles. The van der Waals surface area contributed by atoms with E-state index in [4.69, 9.17) is 4.74 Å². The number of hydrogen-bond donors (Lipinski definition) is 2. The fourth-order valence-electron chi connectivity index (χ4n) is 2.78. The van der Waals surface area contributed by atoms with Crippen LogP contribution in [-0.4, -0.2) is 68.8 Å². The highest BCUT2D eigenvalue weighted by atomic mass is 16.5. The molecular formula is C18H28N4O2. The molecule has 0 radical (unpaired) electrons. The molecule has 0 spiro atoms. The molecule has 2 aliphatic rings. The molecule has 24 heavy (non-hydrogen) atoms. The summed E-state index contributed by atoms with van der Waals surface area (Å²) in [5.74, 6) is 1.40. The summed E-state index contributed by atoms with van der Waals surface area (Å²) in [6, 6.07) is 7.46. The zero-order valence-corrected chi connectivity index (χ0v) is 14.5. The van der Waals surface area contributed by atoms with Crippen LogP contribution in [0.5, 0.6) is 5.75 Å². The molecule has 0 aromatic heterocycles. The minimum Gasteiger partial charge on any atom is -0.490 e. The maximum atomic E-state index is 12.0. The first-order chi connectivity index (χ1) is 11.7. The molecule has 0 unspecified atom stereocenters. The molecular weight excluding hydrogens is 304 g/mol. The lowest BCUT2D eigenvalue weighted by molar-refractivity contribution is 0.134. The van der Waals surface area contributed by atoms with Gasteiger partial charge in [0.25, 0.3) is 0 Å². The predicted molar refractivity (Wildman–Crippen MR) is 95.6 cm³/mol. The van der Waals surface area contributed by atoms with Gasteiger partial charge in [0.2, 0.25) is 0 Å². The van der Waals surface area contributed by atoms with E-state index in [-0.39, 0.29) is 6.03 Å². The monoisotopic (exact) mass is 332 g/mol. The third kappa shape index (κ3) is 5.39. The Kier molecular flexibility index (Phi) is 5.93. The van der Waals surface area contributed by atoms with Crippen molar-refractivity contribution in [2.45, 2.75) is 12.8 Å². The topological polar surface area (TPSA) is 56.8 Å². The highest BCUT2D eigenvalue weighted by Crippen LogP contribution is 2.28. The second-order valence-electron chi connectivity index (χ2n) is 6.77. The zero-order valence-electron chi connectivity index (χ0n) is 14.5. The van der Waals surface area contributed by atoms with Gasteiger partial charge in [0.1, 0.15) is 12.4 Å². The Labute approximate surface area is 144 Å². The second kappa shape index (κ2) is 8.35. The summed E-state index contributed by atoms with van der Waals surface area (Å²) < 4.78 is 5.91. The largest absolute Gasteiger partial charge is 0.490 e. The number of carbonyl (C=O) groups is 1. The van der Waals surface area contributed by atoms with Gasteiger partial charge in [-0.1, -0.05) is 12.1 Å². The number of carbonyl (C=O) groups excluding carboxylic acids is 1. The highest BCUT2D eigenvalue weighted by Gasteiger charge is 2.21. The Morgan fingerprint density at radius 1 is 1.21 bits per heavy atom. The summed E-state index contributed by atoms with van der Waals surface area (Å²) in [5, 5.41) is 5.81. The summed E-state index contributed by atoms with van der Waals surface area (Å²) in [6.07, 6.45) is 2.46. The number of ether oxygens (including phenoxy) is 1. The van der Waals surface area contributed by atoms with Crippen molar-refractivity contribution in [1.82, 2.24) is 15.1 Å². The van der Waals surface area contributed by atoms with Gasteiger partial charge in [-0.2, -0.15) is 0 Å². The molecule has 1 aromatic carbocycles. The van der Waals surface area contributed by atoms with Crippen LogP contribution in [-0.2, 0) is 0 Å². The number of nitrogens with one attached hydrogen (secondary N) is 2. The SMILES string of the molecule is CN1CCN(CCOc2ccccc2NC(=O)NCC2CC2)CC1. The molecule has 0 atom stereocenters. The number of likely N-dealkylation sites (N-methyl/N-ethyl adjacent to an activating group) is 1. The van der Waals surface area contributed by atoms with Crippen LogP contribution in [0.2, 0.25) is 0 Å². The van der Waals surface area contributed by atoms with E-state index in [0.717, 1.165) is 50.7 Å². The molecule has 1 aliphatic heterocycles. The number of hydrogen-bond acceptors (Lipinski definition) is 4. The molecule has 132 valence electrons. The number of piperazine rings is 1. The van der Waals surface area contributed by atoms with Gasteiger partial charge in [-0.15, -0.1) is 0 Å². The smallest absolute Gasteiger partial charge is 0.319 e. The van der Waals surface area contributed by atoms with E-state index in [1.807, 2.05) is 24.3 Å². The fraction of sp³-hybridized carbons (Fsp3) is 0.611. The lowest BCUT2D eigenvalue weighted by Crippen LogP contribution is -2.45. The summed E-state index contributed by atoms with van der Waals surface area (Å²) >= 11 is 0. The molecule has 2 amide bonds. The third-order valence-electron chi connectivity index (χ3n) is 4.64. The molecule has 6 heteroatoms. The van der Waals surface area contributed by atoms with Gasteiger partial charge < -0.3 is 20.3 Å². The molecule has 2 N–H and O–H groups in total. The van der Waals surface area contributed by atoms with E-state index in [1.165, 1.54) is 12.8 Å². The molecule has 0 bridgehead atoms. The predicted octanol–water partition coefficient (Wildman–Crippen LogP) is 1.84. The van der Waals surface area contributed by atoms with E-state index < -0.39 is 0 Å². The van der Waals surface area contributed by atoms with Crippen LogP contribution in [0, 0.1) is 5.92 Å². The number of amides is 2. The van der Waals surface area contributed by atoms with E-state index >= 15 is 0 Å². The van der Waals surface area contributed by atoms with Crippen molar-refractivity contribution < 1.29 is 9.53 Å². The molecule has 1 aromatic rings. The number of para-hydroxylation sites is 2. The van der Waals surface area contributed by atoms with E-state index in [2.05, 4.69) is 27.5 Å². The van der Waals surface area contributed by atoms with Crippen molar-refractivity contribution in [1.29, 1.82) is 0 Å². The number of anilines is 1. The van der Waals surface area contributed by atoms with Crippen molar-refractivity contribution >= 4 is 11.7 Å². The van der Waals surface area contributed by atoms with Crippen molar-refractivity contribution in [3.63, 3.8) is 0 Å². The fourth-order valence-corrected chi connectivity index (χ4v) is 2.78. The molecule has 1 aliphatic carbocycles. The lowest BCUT2D eigenvalue weighted by atomic mass is 10.3. The Morgan fingerprint density at radius 2 is 1.96 bits per heavy atom. The van der Waals surface area contributed by atoms with Crippen molar-refractivity contribution in [2.24, 2.45) is 5.92 Å². The number of rotatable bonds is 7. The lowest BCUT2D eigenvalue weighted by Gasteiger charge is -2.32. The molecule has 3 rings (SSSR count). The zero-order chi connectivity index (χ0) is 16.8. The quantitative estimate of drug-likeness (QED) is 0.800. The first-order valence-electron chi connectivity index (χ1n) is 8.88. The standard InChI is InChI=1S/C18H28N4O2/c1-21-8-10-22(11-9-21)12-13-24-17-5-3-2-4-16(17)20-18(23)19-14-15-6-7-15/h2-5,15H,6-14H2,1H3,(H2,19,20,23). The first kappa shape index (κ1) is 17.0. The molecule has 1 saturated carbocycles. The Hall–Kier alpha value is -1.79. The summed E-state index contributed by atoms with van der Waals surface area (Å²) in [7, 11) is 2.16. The second-order valence-corrected chi connectivity index (χ2v) is 6.77. The van der Waals surface area contributed by atoms with Crippen LogP contribution in [0.15, 0.2) is 24.3 Å². The van der Waals surface area contributed by atoms with Gasteiger partial charge in [0.05, 0.1) is 5.69 Å². The van der Waals surface area contributed by atoms with Gasteiger partial charge in [-0.05, 0) is 37.9 Å². The van der Waals surface area contributed by atoms with Gasteiger partial charge in [-0.25, -0.2) is 4.79 Å². The van der Waals surface area contributed by atoms with Crippen LogP contribution >= 0.6 is 0 Å². The van der Waals surface area contributed by atoms with Crippen molar-refractivity contribution in [2.75, 3.05) is 58.2 Å². The minimum atomic E-state index is -0.156. The molecule has 2 fully saturated rings. The Morgan fingerprint density at radius 3 is 2.71 bits per heavy atom. The maximum Gasteiger partial charge on any atom is 0.319 e. The van der Waals surface area contributed by atoms with E-state index in [1.54, 1.807) is 0 Å². The van der Waals surface area contributed by atoms with Crippen LogP contribution in [0.4, 0.5) is 10.5 Å². The Balaban J connectivity index is 1.43. The number of benzene rings is 1. The first-order valence-corrected chi connectivity index (χ1v) is 8.88. The Bertz CT molecular complexity index is 540. The number of urea groups is 1. The maximum absolute atomic E-state index is 12.0. The summed E-state index contributed by atoms with van der Waals surface area (Å²) in [6.45, 7) is 6.70. The average molecular weight is 332 g/mol. The third-order valence-corrected chi connectivity index (χ3v) is 4.64. The van der Waals surface area contributed by atoms with Crippen LogP contribution in [0.3, 0.4) is 0 Å². The van der Waals surface area contributed by atoms with E-state index in [9.17, 15) is 4.79 Å². The summed E-state index contributed by atoms with van der Waals surface area (Å²) in [5.41, 5.74) is 0.726. The molecule has 1 saturated heterocycles. The summed E-state index contributed by atoms with van der Waals surface area (Å²) in [4.78, 5) is 16.7. The van der Waals surface area contributed by atoms with Crippen LogP contribution in [0.25, 0.3) is 0 Å². The number of nitrogens with zero attached hydrogens (tertiary/aromatic N) is 2. The van der Waals surface area contributed by atoms with Crippen molar-refractivity contribution in [3.8, 4) is 5.75 Å². The van der Waals surface area contributed by atoms with Gasteiger partial charge in [0.15, 0.2) is 0 Å². The highest BCUT2D eigenvalue weighted by molar-refractivity contribution is 5.90. The molecule has 6 nitrogen and oxygen atoms in total. The average Bonchev–Trinajstić information content (AvgIpc) is 3.41. The minimum absolute atomic E-state index is 0.156. The van der Waals surface area contributed by atoms with Gasteiger partial charge in [0, 0.05) is 39.3 Å². The normalized spacial score (nSPS) is 19.0. The van der Waals surface area contributed by atoms with E-state index in [0.29, 0.717) is 12.5 Å². The van der Waals surface area contributed by atoms with Crippen LogP contribution in [0.1, 0.15) is 12.8 Å². The van der Waals surface area contributed by atoms with Gasteiger partial charge >= 0.3 is 6.03 Å². The van der Waals surface area contributed by atoms with Crippen LogP contribution < -0.4 is 15.4 Å². The van der Waals surface area contributed by atoms with Gasteiger partial charge in [-0.3, -0.25) is 4.90 Å². The van der Waals surface area contributed by atoms with Crippen molar-refractivity contribution in [3.05, 3.63) is 24.3 Å².